The van der Waals surface area contributed by atoms with Crippen LogP contribution in [0.1, 0.15) is 16.3 Å². The van der Waals surface area contributed by atoms with E-state index in [1.165, 1.54) is 12.1 Å². The van der Waals surface area contributed by atoms with Gasteiger partial charge in [0.2, 0.25) is 0 Å². The first-order valence-electron chi connectivity index (χ1n) is 5.51. The van der Waals surface area contributed by atoms with Gasteiger partial charge in [-0.3, -0.25) is 14.4 Å². The molecular formula is C11H11F2NO6S. The molecule has 0 aliphatic heterocycles. The van der Waals surface area contributed by atoms with Gasteiger partial charge in [-0.15, -0.1) is 0 Å². The Morgan fingerprint density at radius 1 is 1.19 bits per heavy atom. The molecule has 0 fully saturated rings. The van der Waals surface area contributed by atoms with Gasteiger partial charge in [0.15, 0.2) is 5.76 Å². The van der Waals surface area contributed by atoms with Crippen molar-refractivity contribution in [2.75, 3.05) is 13.1 Å². The summed E-state index contributed by atoms with van der Waals surface area (Å²) < 4.78 is 29.0. The van der Waals surface area contributed by atoms with E-state index in [-0.39, 0.29) is 17.3 Å². The molecule has 1 aromatic heterocycles. The number of amides is 1. The zero-order chi connectivity index (χ0) is 16.0. The van der Waals surface area contributed by atoms with Crippen LogP contribution in [0.25, 0.3) is 0 Å². The van der Waals surface area contributed by atoms with Crippen LogP contribution < -0.4 is 0 Å². The van der Waals surface area contributed by atoms with Crippen LogP contribution in [0, 0.1) is 0 Å². The number of aliphatic carboxylic acids is 2. The monoisotopic (exact) mass is 323 g/mol. The minimum absolute atomic E-state index is 0.106. The Balaban J connectivity index is 2.78. The van der Waals surface area contributed by atoms with Crippen molar-refractivity contribution in [3.05, 3.63) is 23.7 Å². The lowest BCUT2D eigenvalue weighted by Gasteiger charge is -2.16. The second-order valence-electron chi connectivity index (χ2n) is 3.79. The Morgan fingerprint density at radius 3 is 2.24 bits per heavy atom. The summed E-state index contributed by atoms with van der Waals surface area (Å²) in [6.45, 7) is -1.63. The van der Waals surface area contributed by atoms with Gasteiger partial charge in [-0.1, -0.05) is 11.8 Å². The van der Waals surface area contributed by atoms with Gasteiger partial charge in [0, 0.05) is 0 Å². The number of furan rings is 1. The highest BCUT2D eigenvalue weighted by Crippen LogP contribution is 2.21. The number of hydrogen-bond acceptors (Lipinski definition) is 5. The number of hydrogen-bond donors (Lipinski definition) is 2. The van der Waals surface area contributed by atoms with Crippen LogP contribution in [0.15, 0.2) is 16.5 Å². The van der Waals surface area contributed by atoms with Gasteiger partial charge in [0.05, 0.1) is 5.75 Å². The summed E-state index contributed by atoms with van der Waals surface area (Å²) in [5.74, 6) is -6.66. The van der Waals surface area contributed by atoms with Gasteiger partial charge in [-0.2, -0.15) is 8.78 Å². The maximum Gasteiger partial charge on any atom is 0.323 e. The molecule has 1 heterocycles. The van der Waals surface area contributed by atoms with Crippen molar-refractivity contribution >= 4 is 29.6 Å². The van der Waals surface area contributed by atoms with Crippen LogP contribution >= 0.6 is 11.8 Å². The number of nitrogens with zero attached hydrogens (tertiary/aromatic N) is 1. The molecule has 0 atom stereocenters. The highest BCUT2D eigenvalue weighted by atomic mass is 32.2. The van der Waals surface area contributed by atoms with E-state index in [9.17, 15) is 23.2 Å². The van der Waals surface area contributed by atoms with Gasteiger partial charge >= 0.3 is 11.9 Å². The Hall–Kier alpha value is -2.10. The summed E-state index contributed by atoms with van der Waals surface area (Å²) >= 11 is 0.299. The average Bonchev–Trinajstić information content (AvgIpc) is 2.82. The SMILES string of the molecule is O=C(O)CN(CC(=O)O)C(=O)c1ccc(CSC(F)F)o1. The summed E-state index contributed by atoms with van der Waals surface area (Å²) in [6.07, 6.45) is 0. The second-order valence-corrected chi connectivity index (χ2v) is 4.76. The Labute approximate surface area is 121 Å². The van der Waals surface area contributed by atoms with E-state index in [0.29, 0.717) is 16.7 Å². The summed E-state index contributed by atoms with van der Waals surface area (Å²) in [7, 11) is 0. The number of rotatable bonds is 8. The van der Waals surface area contributed by atoms with E-state index in [1.807, 2.05) is 0 Å². The fraction of sp³-hybridized carbons (Fsp3) is 0.364. The van der Waals surface area contributed by atoms with Gasteiger partial charge in [-0.05, 0) is 12.1 Å². The van der Waals surface area contributed by atoms with Gasteiger partial charge in [0.25, 0.3) is 11.7 Å². The summed E-state index contributed by atoms with van der Waals surface area (Å²) in [4.78, 5) is 33.7. The van der Waals surface area contributed by atoms with Crippen LogP contribution in [0.3, 0.4) is 0 Å². The van der Waals surface area contributed by atoms with Gasteiger partial charge in [-0.25, -0.2) is 0 Å². The van der Waals surface area contributed by atoms with Crippen LogP contribution in [0.2, 0.25) is 0 Å². The molecular weight excluding hydrogens is 312 g/mol. The molecule has 0 radical (unpaired) electrons. The van der Waals surface area contributed by atoms with E-state index in [2.05, 4.69) is 0 Å². The molecule has 0 aliphatic carbocycles. The molecule has 0 bridgehead atoms. The lowest BCUT2D eigenvalue weighted by atomic mass is 10.3. The van der Waals surface area contributed by atoms with Crippen molar-refractivity contribution in [1.29, 1.82) is 0 Å². The standard InChI is InChI=1S/C11H11F2NO6S/c12-11(13)21-5-6-1-2-7(20-6)10(19)14(3-8(15)16)4-9(17)18/h1-2,11H,3-5H2,(H,15,16)(H,17,18). The molecule has 10 heteroatoms. The largest absolute Gasteiger partial charge is 0.480 e. The lowest BCUT2D eigenvalue weighted by molar-refractivity contribution is -0.140. The van der Waals surface area contributed by atoms with Gasteiger partial charge in [0.1, 0.15) is 18.8 Å². The van der Waals surface area contributed by atoms with Crippen molar-refractivity contribution in [1.82, 2.24) is 4.90 Å². The van der Waals surface area contributed by atoms with E-state index >= 15 is 0 Å². The zero-order valence-electron chi connectivity index (χ0n) is 10.5. The molecule has 0 unspecified atom stereocenters. The van der Waals surface area contributed by atoms with Crippen molar-refractivity contribution in [2.45, 2.75) is 11.5 Å². The number of halogens is 2. The first-order chi connectivity index (χ1) is 9.79. The lowest BCUT2D eigenvalue weighted by Crippen LogP contribution is -2.39. The van der Waals surface area contributed by atoms with Crippen LogP contribution in [0.5, 0.6) is 0 Å². The third kappa shape index (κ3) is 5.81. The van der Waals surface area contributed by atoms with Crippen molar-refractivity contribution in [3.63, 3.8) is 0 Å². The molecule has 1 rings (SSSR count). The minimum atomic E-state index is -2.59. The predicted molar refractivity (Wildman–Crippen MR) is 67.2 cm³/mol. The molecule has 0 saturated heterocycles. The number of carbonyl (C=O) groups is 3. The van der Waals surface area contributed by atoms with Crippen LogP contribution in [0.4, 0.5) is 8.78 Å². The van der Waals surface area contributed by atoms with Gasteiger partial charge < -0.3 is 19.5 Å². The average molecular weight is 323 g/mol. The molecule has 1 amide bonds. The Morgan fingerprint density at radius 2 is 1.76 bits per heavy atom. The third-order valence-corrected chi connectivity index (χ3v) is 2.87. The Bertz CT molecular complexity index is 517. The molecule has 0 spiro atoms. The molecule has 116 valence electrons. The third-order valence-electron chi connectivity index (χ3n) is 2.16. The highest BCUT2D eigenvalue weighted by molar-refractivity contribution is 7.98. The van der Waals surface area contributed by atoms with Crippen LogP contribution in [-0.4, -0.2) is 51.8 Å². The maximum absolute atomic E-state index is 12.0. The Kier molecular flexibility index (Phi) is 6.15. The number of alkyl halides is 2. The second kappa shape index (κ2) is 7.62. The first kappa shape index (κ1) is 17.0. The number of carboxylic acids is 2. The highest BCUT2D eigenvalue weighted by Gasteiger charge is 2.23. The normalized spacial score (nSPS) is 10.6. The van der Waals surface area contributed by atoms with Crippen molar-refractivity contribution in [3.8, 4) is 0 Å². The summed E-state index contributed by atoms with van der Waals surface area (Å²) in [5, 5.41) is 17.3. The van der Waals surface area contributed by atoms with E-state index in [4.69, 9.17) is 14.6 Å². The molecule has 7 nitrogen and oxygen atoms in total. The summed E-state index contributed by atoms with van der Waals surface area (Å²) in [5.41, 5.74) is 0. The molecule has 1 aromatic rings. The van der Waals surface area contributed by atoms with E-state index in [1.54, 1.807) is 0 Å². The topological polar surface area (TPSA) is 108 Å². The van der Waals surface area contributed by atoms with E-state index in [0.717, 1.165) is 0 Å². The minimum Gasteiger partial charge on any atom is -0.480 e. The zero-order valence-corrected chi connectivity index (χ0v) is 11.3. The summed E-state index contributed by atoms with van der Waals surface area (Å²) in [6, 6.07) is 2.47. The van der Waals surface area contributed by atoms with Crippen LogP contribution in [-0.2, 0) is 15.3 Å². The number of thioether (sulfide) groups is 1. The quantitative estimate of drug-likeness (QED) is 0.743. The number of carboxylic acid groups (broad SMARTS) is 2. The molecule has 2 N–H and O–H groups in total. The van der Waals surface area contributed by atoms with E-state index < -0.39 is 36.7 Å². The number of carbonyl (C=O) groups excluding carboxylic acids is 1. The molecule has 0 aromatic carbocycles. The fourth-order valence-electron chi connectivity index (χ4n) is 1.40. The fourth-order valence-corrected chi connectivity index (χ4v) is 1.84. The van der Waals surface area contributed by atoms with Crippen molar-refractivity contribution in [2.24, 2.45) is 0 Å². The molecule has 0 aliphatic rings. The van der Waals surface area contributed by atoms with Crippen molar-refractivity contribution < 1.29 is 37.8 Å². The predicted octanol–water partition coefficient (Wildman–Crippen LogP) is 1.35. The maximum atomic E-state index is 12.0. The smallest absolute Gasteiger partial charge is 0.323 e. The molecule has 0 saturated carbocycles. The first-order valence-corrected chi connectivity index (χ1v) is 6.55. The molecule has 21 heavy (non-hydrogen) atoms.